The maximum absolute atomic E-state index is 8.98. The Kier molecular flexibility index (Phi) is 2.47. The highest BCUT2D eigenvalue weighted by Crippen LogP contribution is 2.22. The Morgan fingerprint density at radius 2 is 2.21 bits per heavy atom. The number of nitrogens with zero attached hydrogens (tertiary/aromatic N) is 2. The van der Waals surface area contributed by atoms with E-state index in [0.29, 0.717) is 16.4 Å². The second kappa shape index (κ2) is 3.77. The third-order valence-electron chi connectivity index (χ3n) is 1.87. The average Bonchev–Trinajstić information content (AvgIpc) is 2.65. The van der Waals surface area contributed by atoms with E-state index in [1.165, 1.54) is 0 Å². The topological polar surface area (TPSA) is 61.8 Å². The van der Waals surface area contributed by atoms with Gasteiger partial charge in [0.05, 0.1) is 6.61 Å². The van der Waals surface area contributed by atoms with Crippen LogP contribution in [0.15, 0.2) is 24.3 Å². The fourth-order valence-corrected chi connectivity index (χ4v) is 1.42. The van der Waals surface area contributed by atoms with Crippen LogP contribution in [0, 0.1) is 0 Å². The third kappa shape index (κ3) is 1.62. The van der Waals surface area contributed by atoms with Gasteiger partial charge in [-0.1, -0.05) is 23.7 Å². The van der Waals surface area contributed by atoms with Crippen LogP contribution in [0.5, 0.6) is 0 Å². The lowest BCUT2D eigenvalue weighted by molar-refractivity contribution is 0.277. The van der Waals surface area contributed by atoms with Gasteiger partial charge in [-0.25, -0.2) is 0 Å². The number of aromatic nitrogens is 3. The first kappa shape index (κ1) is 9.18. The number of benzene rings is 1. The first-order valence-corrected chi connectivity index (χ1v) is 4.45. The lowest BCUT2D eigenvalue weighted by Gasteiger charge is -1.98. The monoisotopic (exact) mass is 209 g/mol. The third-order valence-corrected chi connectivity index (χ3v) is 2.10. The molecule has 14 heavy (non-hydrogen) atoms. The highest BCUT2D eigenvalue weighted by atomic mass is 35.5. The quantitative estimate of drug-likeness (QED) is 0.790. The second-order valence-electron chi connectivity index (χ2n) is 2.79. The fourth-order valence-electron chi connectivity index (χ4n) is 1.23. The largest absolute Gasteiger partial charge is 0.390 e. The number of hydrogen-bond donors (Lipinski definition) is 2. The Labute approximate surface area is 85.5 Å². The van der Waals surface area contributed by atoms with Gasteiger partial charge in [0.15, 0.2) is 0 Å². The number of nitrogens with one attached hydrogen (secondary N) is 1. The van der Waals surface area contributed by atoms with Crippen LogP contribution in [0.1, 0.15) is 5.69 Å². The summed E-state index contributed by atoms with van der Waals surface area (Å²) in [7, 11) is 0. The molecule has 2 rings (SSSR count). The van der Waals surface area contributed by atoms with E-state index in [4.69, 9.17) is 16.7 Å². The van der Waals surface area contributed by atoms with Gasteiger partial charge in [-0.3, -0.25) is 0 Å². The number of aliphatic hydroxyl groups is 1. The number of halogens is 1. The molecular weight excluding hydrogens is 202 g/mol. The lowest BCUT2D eigenvalue weighted by Crippen LogP contribution is -1.87. The molecule has 2 N–H and O–H groups in total. The predicted molar refractivity (Wildman–Crippen MR) is 52.8 cm³/mol. The number of aromatic amines is 1. The van der Waals surface area contributed by atoms with Crippen molar-refractivity contribution in [1.82, 2.24) is 15.4 Å². The highest BCUT2D eigenvalue weighted by Gasteiger charge is 2.08. The van der Waals surface area contributed by atoms with Gasteiger partial charge in [0.2, 0.25) is 0 Å². The van der Waals surface area contributed by atoms with Crippen LogP contribution >= 0.6 is 11.6 Å². The average molecular weight is 210 g/mol. The van der Waals surface area contributed by atoms with Crippen LogP contribution in [0.2, 0.25) is 5.02 Å². The van der Waals surface area contributed by atoms with Crippen LogP contribution in [0.3, 0.4) is 0 Å². The number of aliphatic hydroxyl groups excluding tert-OH is 1. The van der Waals surface area contributed by atoms with Gasteiger partial charge in [-0.15, -0.1) is 0 Å². The maximum atomic E-state index is 8.98. The molecule has 4 nitrogen and oxygen atoms in total. The molecule has 0 unspecified atom stereocenters. The molecule has 72 valence electrons. The van der Waals surface area contributed by atoms with Gasteiger partial charge in [-0.2, -0.15) is 15.4 Å². The van der Waals surface area contributed by atoms with Gasteiger partial charge in [0.25, 0.3) is 0 Å². The van der Waals surface area contributed by atoms with E-state index in [1.807, 2.05) is 12.1 Å². The molecule has 0 radical (unpaired) electrons. The van der Waals surface area contributed by atoms with Crippen molar-refractivity contribution in [3.8, 4) is 11.3 Å². The highest BCUT2D eigenvalue weighted by molar-refractivity contribution is 6.30. The normalized spacial score (nSPS) is 10.4. The second-order valence-corrected chi connectivity index (χ2v) is 3.22. The molecule has 0 bridgehead atoms. The lowest BCUT2D eigenvalue weighted by atomic mass is 10.1. The molecular formula is C9H8ClN3O. The summed E-state index contributed by atoms with van der Waals surface area (Å²) in [5, 5.41) is 19.8. The Morgan fingerprint density at radius 3 is 2.93 bits per heavy atom. The first-order valence-electron chi connectivity index (χ1n) is 4.07. The minimum Gasteiger partial charge on any atom is -0.390 e. The molecule has 1 aromatic carbocycles. The molecule has 1 aromatic heterocycles. The summed E-state index contributed by atoms with van der Waals surface area (Å²) >= 11 is 5.84. The molecule has 0 saturated carbocycles. The van der Waals surface area contributed by atoms with Crippen LogP contribution < -0.4 is 0 Å². The molecule has 0 atom stereocenters. The van der Waals surface area contributed by atoms with Crippen molar-refractivity contribution in [1.29, 1.82) is 0 Å². The predicted octanol–water partition coefficient (Wildman–Crippen LogP) is 1.62. The van der Waals surface area contributed by atoms with Gasteiger partial charge < -0.3 is 5.11 Å². The van der Waals surface area contributed by atoms with E-state index in [0.717, 1.165) is 5.56 Å². The molecule has 1 heterocycles. The van der Waals surface area contributed by atoms with Crippen LogP contribution in [0.4, 0.5) is 0 Å². The zero-order valence-corrected chi connectivity index (χ0v) is 7.99. The van der Waals surface area contributed by atoms with Crippen molar-refractivity contribution in [2.45, 2.75) is 6.61 Å². The summed E-state index contributed by atoms with van der Waals surface area (Å²) in [6.45, 7) is -0.141. The fraction of sp³-hybridized carbons (Fsp3) is 0.111. The summed E-state index contributed by atoms with van der Waals surface area (Å²) < 4.78 is 0. The van der Waals surface area contributed by atoms with E-state index in [2.05, 4.69) is 15.4 Å². The van der Waals surface area contributed by atoms with E-state index in [1.54, 1.807) is 12.1 Å². The van der Waals surface area contributed by atoms with Crippen LogP contribution in [0.25, 0.3) is 11.3 Å². The molecule has 0 aliphatic heterocycles. The number of H-pyrrole nitrogens is 1. The van der Waals surface area contributed by atoms with E-state index < -0.39 is 0 Å². The van der Waals surface area contributed by atoms with Crippen molar-refractivity contribution in [3.05, 3.63) is 35.0 Å². The Hall–Kier alpha value is -1.39. The summed E-state index contributed by atoms with van der Waals surface area (Å²) in [5.41, 5.74) is 2.00. The molecule has 0 aliphatic carbocycles. The smallest absolute Gasteiger partial charge is 0.118 e. The zero-order valence-electron chi connectivity index (χ0n) is 7.24. The Morgan fingerprint density at radius 1 is 1.36 bits per heavy atom. The molecule has 0 amide bonds. The molecule has 0 aliphatic rings. The minimum atomic E-state index is -0.141. The maximum Gasteiger partial charge on any atom is 0.118 e. The minimum absolute atomic E-state index is 0.141. The zero-order chi connectivity index (χ0) is 9.97. The summed E-state index contributed by atoms with van der Waals surface area (Å²) in [5.74, 6) is 0. The number of hydrogen-bond acceptors (Lipinski definition) is 3. The molecule has 0 saturated heterocycles. The summed E-state index contributed by atoms with van der Waals surface area (Å²) in [4.78, 5) is 0. The van der Waals surface area contributed by atoms with Gasteiger partial charge >= 0.3 is 0 Å². The van der Waals surface area contributed by atoms with Crippen molar-refractivity contribution in [3.63, 3.8) is 0 Å². The molecule has 0 spiro atoms. The summed E-state index contributed by atoms with van der Waals surface area (Å²) in [6, 6.07) is 7.25. The van der Waals surface area contributed by atoms with Crippen molar-refractivity contribution in [2.75, 3.05) is 0 Å². The van der Waals surface area contributed by atoms with Gasteiger partial charge in [0, 0.05) is 10.6 Å². The van der Waals surface area contributed by atoms with Crippen molar-refractivity contribution >= 4 is 11.6 Å². The molecule has 0 fully saturated rings. The van der Waals surface area contributed by atoms with E-state index in [9.17, 15) is 0 Å². The summed E-state index contributed by atoms with van der Waals surface area (Å²) in [6.07, 6.45) is 0. The van der Waals surface area contributed by atoms with Gasteiger partial charge in [-0.05, 0) is 12.1 Å². The van der Waals surface area contributed by atoms with Crippen molar-refractivity contribution in [2.24, 2.45) is 0 Å². The molecule has 5 heteroatoms. The SMILES string of the molecule is OCc1n[nH]nc1-c1cccc(Cl)c1. The van der Waals surface area contributed by atoms with E-state index in [-0.39, 0.29) is 6.61 Å². The Balaban J connectivity index is 2.49. The van der Waals surface area contributed by atoms with Crippen molar-refractivity contribution < 1.29 is 5.11 Å². The standard InChI is InChI=1S/C9H8ClN3O/c10-7-3-1-2-6(4-7)9-8(5-14)11-13-12-9/h1-4,14H,5H2,(H,11,12,13). The molecule has 2 aromatic rings. The van der Waals surface area contributed by atoms with E-state index >= 15 is 0 Å². The number of rotatable bonds is 2. The first-order chi connectivity index (χ1) is 6.81. The van der Waals surface area contributed by atoms with Crippen LogP contribution in [-0.4, -0.2) is 20.5 Å². The Bertz CT molecular complexity index is 441. The van der Waals surface area contributed by atoms with Gasteiger partial charge in [0.1, 0.15) is 11.4 Å². The van der Waals surface area contributed by atoms with Crippen LogP contribution in [-0.2, 0) is 6.61 Å².